The third-order valence-corrected chi connectivity index (χ3v) is 4.50. The molecule has 3 nitrogen and oxygen atoms in total. The van der Waals surface area contributed by atoms with E-state index >= 15 is 0 Å². The smallest absolute Gasteiger partial charge is 0.251 e. The second kappa shape index (κ2) is 6.40. The maximum absolute atomic E-state index is 12.3. The van der Waals surface area contributed by atoms with E-state index in [1.54, 1.807) is 0 Å². The summed E-state index contributed by atoms with van der Waals surface area (Å²) in [5.41, 5.74) is 1.41. The fraction of sp³-hybridized carbons (Fsp3) is 0.588. The molecular weight excluding hydrogens is 250 g/mol. The van der Waals surface area contributed by atoms with Gasteiger partial charge in [-0.2, -0.15) is 0 Å². The molecule has 1 atom stereocenters. The number of carbonyl (C=O) groups excluding carboxylic acids is 1. The molecule has 2 aliphatic rings. The molecule has 0 radical (unpaired) electrons. The van der Waals surface area contributed by atoms with E-state index in [9.17, 15) is 4.79 Å². The second-order valence-corrected chi connectivity index (χ2v) is 5.96. The highest BCUT2D eigenvalue weighted by Gasteiger charge is 2.30. The van der Waals surface area contributed by atoms with Crippen LogP contribution >= 0.6 is 0 Å². The van der Waals surface area contributed by atoms with Crippen molar-refractivity contribution in [3.8, 4) is 0 Å². The lowest BCUT2D eigenvalue weighted by molar-refractivity contribution is -0.142. The van der Waals surface area contributed by atoms with Crippen molar-refractivity contribution in [3.63, 3.8) is 0 Å². The molecule has 1 amide bonds. The van der Waals surface area contributed by atoms with Crippen LogP contribution in [-0.2, 0) is 16.0 Å². The van der Waals surface area contributed by atoms with Crippen LogP contribution in [0.15, 0.2) is 30.3 Å². The lowest BCUT2D eigenvalue weighted by Crippen LogP contribution is -2.44. The maximum atomic E-state index is 12.3. The van der Waals surface area contributed by atoms with Gasteiger partial charge in [-0.15, -0.1) is 0 Å². The molecule has 1 aromatic carbocycles. The first-order valence-electron chi connectivity index (χ1n) is 7.77. The Morgan fingerprint density at radius 3 is 2.55 bits per heavy atom. The number of piperidine rings is 1. The van der Waals surface area contributed by atoms with Crippen molar-refractivity contribution in [2.75, 3.05) is 19.7 Å². The summed E-state index contributed by atoms with van der Waals surface area (Å²) in [4.78, 5) is 14.3. The van der Waals surface area contributed by atoms with Crippen molar-refractivity contribution in [2.24, 2.45) is 5.92 Å². The van der Waals surface area contributed by atoms with Gasteiger partial charge in [0.15, 0.2) is 0 Å². The first-order chi connectivity index (χ1) is 9.83. The Bertz CT molecular complexity index is 432. The molecule has 2 fully saturated rings. The number of rotatable bonds is 3. The first kappa shape index (κ1) is 13.6. The number of carbonyl (C=O) groups is 1. The molecule has 108 valence electrons. The summed E-state index contributed by atoms with van der Waals surface area (Å²) >= 11 is 0. The number of ether oxygens (including phenoxy) is 1. The van der Waals surface area contributed by atoms with E-state index in [1.807, 2.05) is 4.90 Å². The summed E-state index contributed by atoms with van der Waals surface area (Å²) in [7, 11) is 0. The van der Waals surface area contributed by atoms with Crippen LogP contribution in [0.2, 0.25) is 0 Å². The number of benzene rings is 1. The molecule has 3 heteroatoms. The van der Waals surface area contributed by atoms with Crippen molar-refractivity contribution in [3.05, 3.63) is 35.9 Å². The number of hydrogen-bond acceptors (Lipinski definition) is 2. The summed E-state index contributed by atoms with van der Waals surface area (Å²) in [6.07, 6.45) is 5.16. The van der Waals surface area contributed by atoms with Gasteiger partial charge in [-0.05, 0) is 43.6 Å². The third-order valence-electron chi connectivity index (χ3n) is 4.50. The molecule has 0 aromatic heterocycles. The molecule has 1 unspecified atom stereocenters. The third kappa shape index (κ3) is 3.21. The predicted octanol–water partition coefficient (Wildman–Crippen LogP) is 2.65. The molecule has 2 heterocycles. The van der Waals surface area contributed by atoms with Crippen LogP contribution in [0, 0.1) is 5.92 Å². The lowest BCUT2D eigenvalue weighted by atomic mass is 9.90. The molecule has 0 spiro atoms. The van der Waals surface area contributed by atoms with E-state index in [2.05, 4.69) is 30.3 Å². The van der Waals surface area contributed by atoms with Crippen LogP contribution in [0.5, 0.6) is 0 Å². The highest BCUT2D eigenvalue weighted by atomic mass is 16.5. The molecule has 0 N–H and O–H groups in total. The molecule has 0 bridgehead atoms. The van der Waals surface area contributed by atoms with E-state index in [4.69, 9.17) is 4.74 Å². The average molecular weight is 273 g/mol. The highest BCUT2D eigenvalue weighted by Crippen LogP contribution is 2.23. The van der Waals surface area contributed by atoms with Crippen molar-refractivity contribution < 1.29 is 9.53 Å². The maximum Gasteiger partial charge on any atom is 0.251 e. The molecule has 2 saturated heterocycles. The van der Waals surface area contributed by atoms with Crippen LogP contribution in [0.4, 0.5) is 0 Å². The Balaban J connectivity index is 1.48. The number of hydrogen-bond donors (Lipinski definition) is 0. The molecule has 0 saturated carbocycles. The summed E-state index contributed by atoms with van der Waals surface area (Å²) in [5.74, 6) is 0.937. The van der Waals surface area contributed by atoms with Gasteiger partial charge in [0, 0.05) is 19.7 Å². The Morgan fingerprint density at radius 1 is 1.15 bits per heavy atom. The molecule has 1 aromatic rings. The lowest BCUT2D eigenvalue weighted by Gasteiger charge is -2.33. The number of likely N-dealkylation sites (tertiary alicyclic amines) is 1. The Hall–Kier alpha value is -1.35. The normalized spacial score (nSPS) is 24.0. The van der Waals surface area contributed by atoms with Crippen LogP contribution < -0.4 is 0 Å². The Labute approximate surface area is 120 Å². The van der Waals surface area contributed by atoms with Crippen LogP contribution in [0.25, 0.3) is 0 Å². The van der Waals surface area contributed by atoms with Gasteiger partial charge in [0.2, 0.25) is 0 Å². The number of nitrogens with zero attached hydrogens (tertiary/aromatic N) is 1. The minimum atomic E-state index is -0.152. The van der Waals surface area contributed by atoms with Crippen LogP contribution in [0.3, 0.4) is 0 Å². The topological polar surface area (TPSA) is 29.5 Å². The summed E-state index contributed by atoms with van der Waals surface area (Å²) in [6.45, 7) is 2.55. The molecule has 0 aliphatic carbocycles. The fourth-order valence-corrected chi connectivity index (χ4v) is 3.28. The Morgan fingerprint density at radius 2 is 1.90 bits per heavy atom. The highest BCUT2D eigenvalue weighted by molar-refractivity contribution is 5.81. The van der Waals surface area contributed by atoms with Crippen molar-refractivity contribution in [2.45, 2.75) is 38.2 Å². The zero-order valence-corrected chi connectivity index (χ0v) is 12.0. The van der Waals surface area contributed by atoms with Crippen molar-refractivity contribution >= 4 is 5.91 Å². The minimum absolute atomic E-state index is 0.152. The second-order valence-electron chi connectivity index (χ2n) is 5.96. The SMILES string of the molecule is O=C(C1CCCO1)N1CCC(Cc2ccccc2)CC1. The van der Waals surface area contributed by atoms with Gasteiger partial charge in [0.25, 0.3) is 5.91 Å². The quantitative estimate of drug-likeness (QED) is 0.847. The monoisotopic (exact) mass is 273 g/mol. The summed E-state index contributed by atoms with van der Waals surface area (Å²) < 4.78 is 5.50. The predicted molar refractivity (Wildman–Crippen MR) is 78.4 cm³/mol. The molecule has 3 rings (SSSR count). The largest absolute Gasteiger partial charge is 0.368 e. The van der Waals surface area contributed by atoms with Crippen molar-refractivity contribution in [1.82, 2.24) is 4.90 Å². The van der Waals surface area contributed by atoms with Crippen LogP contribution in [-0.4, -0.2) is 36.6 Å². The van der Waals surface area contributed by atoms with E-state index in [-0.39, 0.29) is 12.0 Å². The molecule has 2 aliphatic heterocycles. The van der Waals surface area contributed by atoms with Gasteiger partial charge >= 0.3 is 0 Å². The first-order valence-corrected chi connectivity index (χ1v) is 7.77. The molecule has 20 heavy (non-hydrogen) atoms. The summed E-state index contributed by atoms with van der Waals surface area (Å²) in [6, 6.07) is 10.7. The van der Waals surface area contributed by atoms with E-state index in [0.717, 1.165) is 51.8 Å². The van der Waals surface area contributed by atoms with Gasteiger partial charge in [-0.25, -0.2) is 0 Å². The number of amides is 1. The minimum Gasteiger partial charge on any atom is -0.368 e. The summed E-state index contributed by atoms with van der Waals surface area (Å²) in [5, 5.41) is 0. The average Bonchev–Trinajstić information content (AvgIpc) is 3.03. The van der Waals surface area contributed by atoms with E-state index in [1.165, 1.54) is 5.56 Å². The van der Waals surface area contributed by atoms with E-state index < -0.39 is 0 Å². The van der Waals surface area contributed by atoms with E-state index in [0.29, 0.717) is 5.92 Å². The molecular formula is C17H23NO2. The van der Waals surface area contributed by atoms with Gasteiger partial charge in [0.05, 0.1) is 0 Å². The fourth-order valence-electron chi connectivity index (χ4n) is 3.28. The van der Waals surface area contributed by atoms with Crippen LogP contribution in [0.1, 0.15) is 31.2 Å². The zero-order chi connectivity index (χ0) is 13.8. The van der Waals surface area contributed by atoms with Gasteiger partial charge < -0.3 is 9.64 Å². The zero-order valence-electron chi connectivity index (χ0n) is 12.0. The standard InChI is InChI=1S/C17H23NO2/c19-17(16-7-4-12-20-16)18-10-8-15(9-11-18)13-14-5-2-1-3-6-14/h1-3,5-6,15-16H,4,7-13H2. The van der Waals surface area contributed by atoms with Gasteiger partial charge in [0.1, 0.15) is 6.10 Å². The van der Waals surface area contributed by atoms with Gasteiger partial charge in [-0.3, -0.25) is 4.79 Å². The van der Waals surface area contributed by atoms with Crippen molar-refractivity contribution in [1.29, 1.82) is 0 Å². The van der Waals surface area contributed by atoms with Gasteiger partial charge in [-0.1, -0.05) is 30.3 Å². The Kier molecular flexibility index (Phi) is 4.36.